The number of fused-ring (bicyclic) bond motifs is 1. The second-order valence-electron chi connectivity index (χ2n) is 4.58. The van der Waals surface area contributed by atoms with Gasteiger partial charge in [0.05, 0.1) is 5.69 Å². The van der Waals surface area contributed by atoms with E-state index in [9.17, 15) is 0 Å². The highest BCUT2D eigenvalue weighted by Crippen LogP contribution is 2.31. The van der Waals surface area contributed by atoms with Crippen LogP contribution in [0.5, 0.6) is 0 Å². The van der Waals surface area contributed by atoms with Crippen LogP contribution < -0.4 is 5.73 Å². The summed E-state index contributed by atoms with van der Waals surface area (Å²) in [5.74, 6) is 0.607. The third kappa shape index (κ3) is 1.86. The first-order valence-electron chi connectivity index (χ1n) is 5.98. The SMILES string of the molecule is N=C1CC(c2ccccc2)Cc2nc(N)ncc21. The summed E-state index contributed by atoms with van der Waals surface area (Å²) in [6.45, 7) is 0. The number of hydrogen-bond acceptors (Lipinski definition) is 4. The molecule has 4 nitrogen and oxygen atoms in total. The number of nitrogens with one attached hydrogen (secondary N) is 1. The maximum atomic E-state index is 8.10. The fourth-order valence-corrected chi connectivity index (χ4v) is 2.46. The van der Waals surface area contributed by atoms with Gasteiger partial charge in [-0.15, -0.1) is 0 Å². The Morgan fingerprint density at radius 2 is 1.94 bits per heavy atom. The third-order valence-corrected chi connectivity index (χ3v) is 3.37. The molecule has 18 heavy (non-hydrogen) atoms. The van der Waals surface area contributed by atoms with Gasteiger partial charge in [-0.3, -0.25) is 0 Å². The number of rotatable bonds is 1. The molecule has 1 atom stereocenters. The van der Waals surface area contributed by atoms with E-state index < -0.39 is 0 Å². The zero-order chi connectivity index (χ0) is 12.5. The highest BCUT2D eigenvalue weighted by Gasteiger charge is 2.25. The summed E-state index contributed by atoms with van der Waals surface area (Å²) in [4.78, 5) is 8.23. The van der Waals surface area contributed by atoms with Crippen LogP contribution in [0.25, 0.3) is 0 Å². The Morgan fingerprint density at radius 1 is 1.17 bits per heavy atom. The van der Waals surface area contributed by atoms with Crippen LogP contribution in [0.3, 0.4) is 0 Å². The molecule has 0 radical (unpaired) electrons. The number of nitrogen functional groups attached to an aromatic ring is 1. The monoisotopic (exact) mass is 238 g/mol. The number of anilines is 1. The highest BCUT2D eigenvalue weighted by atomic mass is 15.0. The molecule has 90 valence electrons. The lowest BCUT2D eigenvalue weighted by atomic mass is 9.82. The predicted molar refractivity (Wildman–Crippen MR) is 70.8 cm³/mol. The molecule has 0 fully saturated rings. The van der Waals surface area contributed by atoms with Crippen LogP contribution in [0.4, 0.5) is 5.95 Å². The van der Waals surface area contributed by atoms with Gasteiger partial charge in [0.2, 0.25) is 5.95 Å². The van der Waals surface area contributed by atoms with Gasteiger partial charge in [0, 0.05) is 17.5 Å². The average Bonchev–Trinajstić information content (AvgIpc) is 2.39. The third-order valence-electron chi connectivity index (χ3n) is 3.37. The Hall–Kier alpha value is -2.23. The normalized spacial score (nSPS) is 18.4. The summed E-state index contributed by atoms with van der Waals surface area (Å²) in [6, 6.07) is 10.3. The molecule has 1 aromatic heterocycles. The van der Waals surface area contributed by atoms with E-state index in [4.69, 9.17) is 11.1 Å². The fourth-order valence-electron chi connectivity index (χ4n) is 2.46. The molecule has 0 aliphatic heterocycles. The molecule has 1 unspecified atom stereocenters. The van der Waals surface area contributed by atoms with Crippen LogP contribution in [-0.2, 0) is 6.42 Å². The van der Waals surface area contributed by atoms with E-state index >= 15 is 0 Å². The maximum absolute atomic E-state index is 8.10. The van der Waals surface area contributed by atoms with E-state index in [0.717, 1.165) is 24.1 Å². The van der Waals surface area contributed by atoms with Crippen molar-refractivity contribution in [2.45, 2.75) is 18.8 Å². The summed E-state index contributed by atoms with van der Waals surface area (Å²) < 4.78 is 0. The summed E-state index contributed by atoms with van der Waals surface area (Å²) in [7, 11) is 0. The van der Waals surface area contributed by atoms with Crippen LogP contribution in [0.15, 0.2) is 36.5 Å². The Kier molecular flexibility index (Phi) is 2.55. The lowest BCUT2D eigenvalue weighted by Crippen LogP contribution is -2.21. The van der Waals surface area contributed by atoms with Crippen LogP contribution in [0.1, 0.15) is 29.2 Å². The van der Waals surface area contributed by atoms with Gasteiger partial charge in [-0.1, -0.05) is 30.3 Å². The molecule has 2 aromatic rings. The van der Waals surface area contributed by atoms with E-state index in [0.29, 0.717) is 11.6 Å². The molecule has 1 aliphatic carbocycles. The molecule has 0 spiro atoms. The molecule has 1 heterocycles. The maximum Gasteiger partial charge on any atom is 0.220 e. The molecule has 1 aliphatic rings. The first kappa shape index (κ1) is 10.9. The topological polar surface area (TPSA) is 75.7 Å². The summed E-state index contributed by atoms with van der Waals surface area (Å²) >= 11 is 0. The van der Waals surface area contributed by atoms with Crippen molar-refractivity contribution in [3.05, 3.63) is 53.3 Å². The fraction of sp³-hybridized carbons (Fsp3) is 0.214. The Morgan fingerprint density at radius 3 is 2.72 bits per heavy atom. The molecule has 0 saturated heterocycles. The average molecular weight is 238 g/mol. The molecular formula is C14H14N4. The summed E-state index contributed by atoms with van der Waals surface area (Å²) in [5.41, 5.74) is 9.22. The minimum Gasteiger partial charge on any atom is -0.368 e. The smallest absolute Gasteiger partial charge is 0.220 e. The summed E-state index contributed by atoms with van der Waals surface area (Å²) in [6.07, 6.45) is 3.24. The van der Waals surface area contributed by atoms with Crippen molar-refractivity contribution in [2.24, 2.45) is 0 Å². The van der Waals surface area contributed by atoms with Crippen molar-refractivity contribution in [2.75, 3.05) is 5.73 Å². The van der Waals surface area contributed by atoms with E-state index in [-0.39, 0.29) is 5.95 Å². The minimum absolute atomic E-state index is 0.287. The molecular weight excluding hydrogens is 224 g/mol. The van der Waals surface area contributed by atoms with E-state index in [1.807, 2.05) is 18.2 Å². The number of nitrogens with zero attached hydrogens (tertiary/aromatic N) is 2. The Bertz CT molecular complexity index is 592. The number of nitrogens with two attached hydrogens (primary N) is 1. The van der Waals surface area contributed by atoms with Crippen molar-refractivity contribution in [3.63, 3.8) is 0 Å². The Labute approximate surface area is 105 Å². The van der Waals surface area contributed by atoms with Crippen molar-refractivity contribution < 1.29 is 0 Å². The number of hydrogen-bond donors (Lipinski definition) is 2. The van der Waals surface area contributed by atoms with Gasteiger partial charge >= 0.3 is 0 Å². The van der Waals surface area contributed by atoms with Gasteiger partial charge in [-0.2, -0.15) is 0 Å². The van der Waals surface area contributed by atoms with Gasteiger partial charge in [-0.05, 0) is 24.3 Å². The van der Waals surface area contributed by atoms with Gasteiger partial charge < -0.3 is 11.1 Å². The van der Waals surface area contributed by atoms with Crippen LogP contribution in [0.2, 0.25) is 0 Å². The van der Waals surface area contributed by atoms with Crippen molar-refractivity contribution in [3.8, 4) is 0 Å². The molecule has 0 bridgehead atoms. The van der Waals surface area contributed by atoms with E-state index in [2.05, 4.69) is 22.1 Å². The largest absolute Gasteiger partial charge is 0.368 e. The molecule has 3 N–H and O–H groups in total. The zero-order valence-electron chi connectivity index (χ0n) is 9.93. The van der Waals surface area contributed by atoms with Crippen molar-refractivity contribution in [1.82, 2.24) is 9.97 Å². The van der Waals surface area contributed by atoms with Gasteiger partial charge in [-0.25, -0.2) is 9.97 Å². The predicted octanol–water partition coefficient (Wildman–Crippen LogP) is 2.16. The Balaban J connectivity index is 1.98. The standard InChI is InChI=1S/C14H14N4/c15-12-6-10(9-4-2-1-3-5-9)7-13-11(12)8-17-14(16)18-13/h1-5,8,10,15H,6-7H2,(H2,16,17,18). The molecule has 4 heteroatoms. The number of benzene rings is 1. The molecule has 0 saturated carbocycles. The highest BCUT2D eigenvalue weighted by molar-refractivity contribution is 6.00. The van der Waals surface area contributed by atoms with Gasteiger partial charge in [0.1, 0.15) is 0 Å². The zero-order valence-corrected chi connectivity index (χ0v) is 9.93. The van der Waals surface area contributed by atoms with Crippen LogP contribution in [-0.4, -0.2) is 15.7 Å². The molecule has 1 aromatic carbocycles. The molecule has 0 amide bonds. The van der Waals surface area contributed by atoms with Crippen LogP contribution in [0, 0.1) is 5.41 Å². The van der Waals surface area contributed by atoms with E-state index in [1.54, 1.807) is 6.20 Å². The number of aromatic nitrogens is 2. The van der Waals surface area contributed by atoms with Crippen LogP contribution >= 0.6 is 0 Å². The first-order chi connectivity index (χ1) is 8.74. The lowest BCUT2D eigenvalue weighted by Gasteiger charge is -2.24. The quantitative estimate of drug-likeness (QED) is 0.799. The van der Waals surface area contributed by atoms with Crippen molar-refractivity contribution in [1.29, 1.82) is 5.41 Å². The first-order valence-corrected chi connectivity index (χ1v) is 5.98. The van der Waals surface area contributed by atoms with Gasteiger partial charge in [0.15, 0.2) is 0 Å². The van der Waals surface area contributed by atoms with E-state index in [1.165, 1.54) is 5.56 Å². The second-order valence-corrected chi connectivity index (χ2v) is 4.58. The van der Waals surface area contributed by atoms with Gasteiger partial charge in [0.25, 0.3) is 0 Å². The second kappa shape index (κ2) is 4.22. The summed E-state index contributed by atoms with van der Waals surface area (Å²) in [5, 5.41) is 8.10. The molecule has 3 rings (SSSR count). The minimum atomic E-state index is 0.287. The van der Waals surface area contributed by atoms with Crippen molar-refractivity contribution >= 4 is 11.7 Å². The lowest BCUT2D eigenvalue weighted by molar-refractivity contribution is 0.676.